The van der Waals surface area contributed by atoms with E-state index < -0.39 is 12.2 Å². The molecule has 0 aliphatic rings. The molecule has 0 rings (SSSR count). The van der Waals surface area contributed by atoms with Crippen molar-refractivity contribution in [3.63, 3.8) is 0 Å². The van der Waals surface area contributed by atoms with Gasteiger partial charge in [0.2, 0.25) is 0 Å². The Hall–Kier alpha value is 1.04. The summed E-state index contributed by atoms with van der Waals surface area (Å²) >= 11 is -0.346. The molecule has 0 heterocycles. The van der Waals surface area contributed by atoms with Gasteiger partial charge in [-0.15, -0.1) is 6.10 Å². The Morgan fingerprint density at radius 2 is 1.12 bits per heavy atom. The van der Waals surface area contributed by atoms with Gasteiger partial charge >= 0.3 is 34.5 Å². The Labute approximate surface area is 120 Å². The van der Waals surface area contributed by atoms with Gasteiger partial charge in [0.05, 0.1) is 18.3 Å². The summed E-state index contributed by atoms with van der Waals surface area (Å²) in [6.45, 7) is 6.49. The molecule has 0 aliphatic heterocycles. The van der Waals surface area contributed by atoms with Gasteiger partial charge in [-0.1, -0.05) is 6.92 Å². The number of halogens is 2. The van der Waals surface area contributed by atoms with Crippen LogP contribution in [-0.4, -0.2) is 39.7 Å². The SMILES string of the molecule is CC(O)CC(C)O.CC([O-])CC(C)O.[Cl][Ru][Cl]. The molecule has 0 aromatic heterocycles. The van der Waals surface area contributed by atoms with Crippen LogP contribution in [0.15, 0.2) is 0 Å². The van der Waals surface area contributed by atoms with E-state index in [2.05, 4.69) is 0 Å². The second-order valence-corrected chi connectivity index (χ2v) is 6.52. The van der Waals surface area contributed by atoms with E-state index in [0.717, 1.165) is 0 Å². The molecule has 110 valence electrons. The van der Waals surface area contributed by atoms with Crippen LogP contribution in [-0.2, 0) is 15.1 Å². The van der Waals surface area contributed by atoms with E-state index in [1.807, 2.05) is 0 Å². The molecule has 7 heteroatoms. The minimum absolute atomic E-state index is 0.346. The molecule has 0 saturated carbocycles. The Kier molecular flexibility index (Phi) is 23.2. The van der Waals surface area contributed by atoms with E-state index in [0.29, 0.717) is 12.8 Å². The van der Waals surface area contributed by atoms with Crippen molar-refractivity contribution in [3.8, 4) is 0 Å². The topological polar surface area (TPSA) is 83.8 Å². The second kappa shape index (κ2) is 17.0. The molecule has 0 amide bonds. The van der Waals surface area contributed by atoms with Gasteiger partial charge < -0.3 is 20.4 Å². The van der Waals surface area contributed by atoms with Crippen LogP contribution in [0.3, 0.4) is 0 Å². The van der Waals surface area contributed by atoms with Gasteiger partial charge in [-0.05, 0) is 33.6 Å². The molecule has 4 atom stereocenters. The van der Waals surface area contributed by atoms with Crippen LogP contribution in [0.25, 0.3) is 0 Å². The van der Waals surface area contributed by atoms with Crippen LogP contribution in [0, 0.1) is 0 Å². The zero-order valence-corrected chi connectivity index (χ0v) is 13.8. The normalized spacial score (nSPS) is 16.8. The summed E-state index contributed by atoms with van der Waals surface area (Å²) in [5.41, 5.74) is 0. The third kappa shape index (κ3) is 47.2. The summed E-state index contributed by atoms with van der Waals surface area (Å²) < 4.78 is 0. The first kappa shape index (κ1) is 23.2. The third-order valence-corrected chi connectivity index (χ3v) is 1.36. The fourth-order valence-corrected chi connectivity index (χ4v) is 0.974. The van der Waals surface area contributed by atoms with Crippen molar-refractivity contribution < 1.29 is 35.6 Å². The van der Waals surface area contributed by atoms with Crippen molar-refractivity contribution in [1.82, 2.24) is 0 Å². The van der Waals surface area contributed by atoms with Crippen molar-refractivity contribution >= 4 is 19.4 Å². The van der Waals surface area contributed by atoms with Gasteiger partial charge in [0.15, 0.2) is 0 Å². The third-order valence-electron chi connectivity index (χ3n) is 1.36. The van der Waals surface area contributed by atoms with Gasteiger partial charge in [-0.2, -0.15) is 0 Å². The quantitative estimate of drug-likeness (QED) is 0.637. The molecule has 0 fully saturated rings. The van der Waals surface area contributed by atoms with E-state index in [4.69, 9.17) is 34.7 Å². The fraction of sp³-hybridized carbons (Fsp3) is 1.00. The van der Waals surface area contributed by atoms with Crippen LogP contribution in [0.4, 0.5) is 0 Å². The summed E-state index contributed by atoms with van der Waals surface area (Å²) in [4.78, 5) is 0. The van der Waals surface area contributed by atoms with E-state index >= 15 is 0 Å². The average molecular weight is 379 g/mol. The maximum atomic E-state index is 10.2. The number of rotatable bonds is 4. The first-order chi connectivity index (χ1) is 7.67. The van der Waals surface area contributed by atoms with E-state index in [1.54, 1.807) is 27.7 Å². The molecular weight excluding hydrogens is 356 g/mol. The van der Waals surface area contributed by atoms with Crippen molar-refractivity contribution in [2.75, 3.05) is 0 Å². The zero-order chi connectivity index (χ0) is 14.4. The predicted octanol–water partition coefficient (Wildman–Crippen LogP) is 1.02. The van der Waals surface area contributed by atoms with E-state index in [1.165, 1.54) is 0 Å². The van der Waals surface area contributed by atoms with E-state index in [9.17, 15) is 5.11 Å². The van der Waals surface area contributed by atoms with Crippen molar-refractivity contribution in [2.24, 2.45) is 0 Å². The van der Waals surface area contributed by atoms with Crippen LogP contribution in [0.2, 0.25) is 0 Å². The van der Waals surface area contributed by atoms with E-state index in [-0.39, 0.29) is 27.4 Å². The first-order valence-electron chi connectivity index (χ1n) is 5.22. The summed E-state index contributed by atoms with van der Waals surface area (Å²) in [5, 5.41) is 35.8. The van der Waals surface area contributed by atoms with Crippen molar-refractivity contribution in [3.05, 3.63) is 0 Å². The molecular formula is C10H23Cl2O4Ru-. The average Bonchev–Trinajstić information content (AvgIpc) is 1.99. The summed E-state index contributed by atoms with van der Waals surface area (Å²) in [6, 6.07) is 0. The van der Waals surface area contributed by atoms with Crippen LogP contribution in [0.1, 0.15) is 40.5 Å². The molecule has 3 N–H and O–H groups in total. The van der Waals surface area contributed by atoms with Crippen LogP contribution < -0.4 is 5.11 Å². The molecule has 0 bridgehead atoms. The molecule has 4 unspecified atom stereocenters. The Bertz CT molecular complexity index is 109. The number of hydrogen-bond acceptors (Lipinski definition) is 4. The monoisotopic (exact) mass is 379 g/mol. The fourth-order valence-electron chi connectivity index (χ4n) is 0.974. The molecule has 0 aliphatic carbocycles. The van der Waals surface area contributed by atoms with Crippen LogP contribution in [0.5, 0.6) is 0 Å². The van der Waals surface area contributed by atoms with Gasteiger partial charge in [0, 0.05) is 0 Å². The molecule has 4 nitrogen and oxygen atoms in total. The van der Waals surface area contributed by atoms with Gasteiger partial charge in [0.25, 0.3) is 0 Å². The number of aliphatic hydroxyl groups excluding tert-OH is 3. The summed E-state index contributed by atoms with van der Waals surface area (Å²) in [7, 11) is 9.71. The Balaban J connectivity index is -0.000000188. The summed E-state index contributed by atoms with van der Waals surface area (Å²) in [5.74, 6) is 0. The standard InChI is InChI=1S/C5H12O2.C5H11O2.2ClH.Ru/c2*1-4(6)3-5(2)7;;;/h4-7H,3H2,1-2H3;4-6H,3H2,1-2H3;2*1H;/q;-1;;;+2/p-2. The molecule has 0 radical (unpaired) electrons. The molecule has 0 aromatic carbocycles. The van der Waals surface area contributed by atoms with Crippen molar-refractivity contribution in [1.29, 1.82) is 0 Å². The number of hydrogen-bond donors (Lipinski definition) is 3. The zero-order valence-electron chi connectivity index (χ0n) is 10.6. The Morgan fingerprint density at radius 3 is 1.12 bits per heavy atom. The van der Waals surface area contributed by atoms with Gasteiger partial charge in [-0.25, -0.2) is 0 Å². The van der Waals surface area contributed by atoms with Crippen molar-refractivity contribution in [2.45, 2.75) is 65.0 Å². The predicted molar refractivity (Wildman–Crippen MR) is 65.4 cm³/mol. The van der Waals surface area contributed by atoms with Crippen LogP contribution >= 0.6 is 19.4 Å². The Morgan fingerprint density at radius 1 is 0.882 bits per heavy atom. The minimum atomic E-state index is -0.625. The summed E-state index contributed by atoms with van der Waals surface area (Å²) in [6.07, 6.45) is -0.979. The van der Waals surface area contributed by atoms with Gasteiger partial charge in [-0.3, -0.25) is 0 Å². The first-order valence-corrected chi connectivity index (χ1v) is 9.70. The molecule has 0 spiro atoms. The molecule has 0 aromatic rings. The maximum absolute atomic E-state index is 10.2. The molecule has 17 heavy (non-hydrogen) atoms. The molecule has 0 saturated heterocycles. The van der Waals surface area contributed by atoms with Gasteiger partial charge in [0.1, 0.15) is 0 Å². The second-order valence-electron chi connectivity index (χ2n) is 3.88. The number of aliphatic hydroxyl groups is 3.